The first kappa shape index (κ1) is 23.6. The Labute approximate surface area is 189 Å². The van der Waals surface area contributed by atoms with Crippen LogP contribution < -0.4 is 0 Å². The highest BCUT2D eigenvalue weighted by Crippen LogP contribution is 2.31. The molecule has 0 N–H and O–H groups in total. The topological polar surface area (TPSA) is 130 Å². The predicted molar refractivity (Wildman–Crippen MR) is 117 cm³/mol. The van der Waals surface area contributed by atoms with Gasteiger partial charge in [-0.15, -0.1) is 0 Å². The molecule has 9 nitrogen and oxygen atoms in total. The number of esters is 2. The summed E-state index contributed by atoms with van der Waals surface area (Å²) in [5.74, 6) is -1.39. The van der Waals surface area contributed by atoms with Crippen molar-refractivity contribution in [3.8, 4) is 0 Å². The summed E-state index contributed by atoms with van der Waals surface area (Å²) in [5.41, 5.74) is 0.0596. The zero-order valence-corrected chi connectivity index (χ0v) is 18.3. The molecule has 0 radical (unpaired) electrons. The number of hydrogen-bond donors (Lipinski definition) is 0. The van der Waals surface area contributed by atoms with E-state index in [1.54, 1.807) is 19.1 Å². The fourth-order valence-corrected chi connectivity index (χ4v) is 4.61. The molecule has 0 aliphatic carbocycles. The maximum absolute atomic E-state index is 13.2. The average molecular weight is 469 g/mol. The first-order chi connectivity index (χ1) is 15.8. The quantitative estimate of drug-likeness (QED) is 0.275. The molecule has 0 amide bonds. The Morgan fingerprint density at radius 1 is 0.848 bits per heavy atom. The van der Waals surface area contributed by atoms with Crippen molar-refractivity contribution in [2.24, 2.45) is 0 Å². The first-order valence-corrected chi connectivity index (χ1v) is 11.2. The molecule has 0 saturated carbocycles. The van der Waals surface area contributed by atoms with E-state index >= 15 is 0 Å². The molecule has 33 heavy (non-hydrogen) atoms. The Morgan fingerprint density at radius 3 is 2.09 bits per heavy atom. The minimum atomic E-state index is -4.39. The van der Waals surface area contributed by atoms with Gasteiger partial charge in [0.05, 0.1) is 27.6 Å². The van der Waals surface area contributed by atoms with Gasteiger partial charge in [-0.1, -0.05) is 36.4 Å². The largest absolute Gasteiger partial charge is 0.462 e. The number of para-hydroxylation sites is 1. The Kier molecular flexibility index (Phi) is 7.19. The Bertz CT molecular complexity index is 1300. The van der Waals surface area contributed by atoms with Crippen molar-refractivity contribution >= 4 is 27.5 Å². The molecule has 0 fully saturated rings. The highest BCUT2D eigenvalue weighted by molar-refractivity contribution is 7.91. The summed E-state index contributed by atoms with van der Waals surface area (Å²) in [6.07, 6.45) is 0. The Balaban J connectivity index is 1.84. The van der Waals surface area contributed by atoms with Gasteiger partial charge in [0.1, 0.15) is 11.5 Å². The van der Waals surface area contributed by atoms with Crippen LogP contribution in [0.15, 0.2) is 82.6 Å². The van der Waals surface area contributed by atoms with Crippen LogP contribution in [0.5, 0.6) is 0 Å². The molecule has 3 rings (SSSR count). The van der Waals surface area contributed by atoms with E-state index in [0.717, 1.165) is 12.1 Å². The molecule has 0 atom stereocenters. The molecule has 10 heteroatoms. The highest BCUT2D eigenvalue weighted by atomic mass is 32.2. The van der Waals surface area contributed by atoms with E-state index in [0.29, 0.717) is 11.1 Å². The van der Waals surface area contributed by atoms with Gasteiger partial charge in [0, 0.05) is 6.07 Å². The van der Waals surface area contributed by atoms with Crippen molar-refractivity contribution in [2.75, 3.05) is 6.61 Å². The summed E-state index contributed by atoms with van der Waals surface area (Å²) in [4.78, 5) is 34.0. The molecule has 0 saturated heterocycles. The second kappa shape index (κ2) is 10.0. The fraction of sp³-hybridized carbons (Fsp3) is 0.130. The molecular formula is C23H19NO8S. The smallest absolute Gasteiger partial charge is 0.339 e. The SMILES string of the molecule is CCOC(=O)c1ccc(COC(=O)c2ccccc2S(=O)(=O)c2ccccc2[N+](=O)[O-])cc1. The number of benzene rings is 3. The van der Waals surface area contributed by atoms with Gasteiger partial charge in [0.25, 0.3) is 5.69 Å². The van der Waals surface area contributed by atoms with Gasteiger partial charge in [0.15, 0.2) is 0 Å². The van der Waals surface area contributed by atoms with Gasteiger partial charge in [-0.3, -0.25) is 10.1 Å². The lowest BCUT2D eigenvalue weighted by atomic mass is 10.1. The van der Waals surface area contributed by atoms with Crippen LogP contribution in [-0.4, -0.2) is 31.9 Å². The lowest BCUT2D eigenvalue weighted by molar-refractivity contribution is -0.387. The fourth-order valence-electron chi connectivity index (χ4n) is 3.00. The molecule has 170 valence electrons. The van der Waals surface area contributed by atoms with Crippen LogP contribution in [0.2, 0.25) is 0 Å². The number of nitrogens with zero attached hydrogens (tertiary/aromatic N) is 1. The van der Waals surface area contributed by atoms with Crippen LogP contribution in [0.3, 0.4) is 0 Å². The normalized spacial score (nSPS) is 10.9. The molecule has 0 bridgehead atoms. The van der Waals surface area contributed by atoms with Gasteiger partial charge in [-0.25, -0.2) is 18.0 Å². The molecular weight excluding hydrogens is 450 g/mol. The van der Waals surface area contributed by atoms with Crippen LogP contribution in [0.25, 0.3) is 0 Å². The third kappa shape index (κ3) is 5.24. The molecule has 0 heterocycles. The third-order valence-electron chi connectivity index (χ3n) is 4.58. The van der Waals surface area contributed by atoms with Gasteiger partial charge >= 0.3 is 11.9 Å². The summed E-state index contributed by atoms with van der Waals surface area (Å²) in [6.45, 7) is 1.76. The van der Waals surface area contributed by atoms with Gasteiger partial charge in [0.2, 0.25) is 9.84 Å². The Hall–Kier alpha value is -4.05. The standard InChI is InChI=1S/C23H19NO8S/c1-2-31-22(25)17-13-11-16(12-14-17)15-32-23(26)18-7-3-5-9-20(18)33(29,30)21-10-6-4-8-19(21)24(27)28/h3-14H,2,15H2,1H3. The van der Waals surface area contributed by atoms with Crippen molar-refractivity contribution in [3.63, 3.8) is 0 Å². The lowest BCUT2D eigenvalue weighted by Gasteiger charge is -2.11. The van der Waals surface area contributed by atoms with Crippen molar-refractivity contribution in [3.05, 3.63) is 99.6 Å². The minimum Gasteiger partial charge on any atom is -0.462 e. The van der Waals surface area contributed by atoms with Gasteiger partial charge in [-0.2, -0.15) is 0 Å². The van der Waals surface area contributed by atoms with Gasteiger partial charge in [-0.05, 0) is 42.8 Å². The van der Waals surface area contributed by atoms with E-state index in [4.69, 9.17) is 9.47 Å². The lowest BCUT2D eigenvalue weighted by Crippen LogP contribution is -2.13. The van der Waals surface area contributed by atoms with E-state index < -0.39 is 42.2 Å². The molecule has 0 unspecified atom stereocenters. The van der Waals surface area contributed by atoms with Crippen molar-refractivity contribution in [1.82, 2.24) is 0 Å². The summed E-state index contributed by atoms with van der Waals surface area (Å²) < 4.78 is 36.5. The maximum atomic E-state index is 13.2. The van der Waals surface area contributed by atoms with Crippen LogP contribution in [0.1, 0.15) is 33.2 Å². The Morgan fingerprint density at radius 2 is 1.45 bits per heavy atom. The van der Waals surface area contributed by atoms with Crippen LogP contribution in [-0.2, 0) is 25.9 Å². The maximum Gasteiger partial charge on any atom is 0.339 e. The van der Waals surface area contributed by atoms with Crippen LogP contribution in [0.4, 0.5) is 5.69 Å². The van der Waals surface area contributed by atoms with Gasteiger partial charge < -0.3 is 9.47 Å². The number of nitro benzene ring substituents is 1. The zero-order chi connectivity index (χ0) is 24.0. The second-order valence-electron chi connectivity index (χ2n) is 6.72. The zero-order valence-electron chi connectivity index (χ0n) is 17.5. The predicted octanol–water partition coefficient (Wildman–Crippen LogP) is 3.96. The summed E-state index contributed by atoms with van der Waals surface area (Å²) >= 11 is 0. The summed E-state index contributed by atoms with van der Waals surface area (Å²) in [7, 11) is -4.39. The molecule has 0 aliphatic heterocycles. The number of carbonyl (C=O) groups is 2. The molecule has 0 aliphatic rings. The second-order valence-corrected chi connectivity index (χ2v) is 8.60. The number of ether oxygens (including phenoxy) is 2. The van der Waals surface area contributed by atoms with Crippen LogP contribution in [0, 0.1) is 10.1 Å². The molecule has 0 aromatic heterocycles. The monoisotopic (exact) mass is 469 g/mol. The highest BCUT2D eigenvalue weighted by Gasteiger charge is 2.31. The van der Waals surface area contributed by atoms with E-state index in [2.05, 4.69) is 0 Å². The van der Waals surface area contributed by atoms with Crippen molar-refractivity contribution < 1.29 is 32.4 Å². The molecule has 3 aromatic rings. The first-order valence-electron chi connectivity index (χ1n) is 9.76. The number of hydrogen-bond acceptors (Lipinski definition) is 8. The summed E-state index contributed by atoms with van der Waals surface area (Å²) in [6, 6.07) is 16.4. The number of nitro groups is 1. The summed E-state index contributed by atoms with van der Waals surface area (Å²) in [5, 5.41) is 11.3. The van der Waals surface area contributed by atoms with Crippen molar-refractivity contribution in [1.29, 1.82) is 0 Å². The third-order valence-corrected chi connectivity index (χ3v) is 6.44. The number of rotatable bonds is 8. The van der Waals surface area contributed by atoms with E-state index in [1.165, 1.54) is 48.5 Å². The average Bonchev–Trinajstić information content (AvgIpc) is 2.83. The molecule has 3 aromatic carbocycles. The van der Waals surface area contributed by atoms with Crippen molar-refractivity contribution in [2.45, 2.75) is 23.3 Å². The van der Waals surface area contributed by atoms with E-state index in [9.17, 15) is 28.1 Å². The van der Waals surface area contributed by atoms with E-state index in [1.807, 2.05) is 0 Å². The number of carbonyl (C=O) groups excluding carboxylic acids is 2. The number of sulfone groups is 1. The minimum absolute atomic E-state index is 0.179. The molecule has 0 spiro atoms. The van der Waals surface area contributed by atoms with Crippen LogP contribution >= 0.6 is 0 Å². The van der Waals surface area contributed by atoms with E-state index in [-0.39, 0.29) is 18.8 Å².